The van der Waals surface area contributed by atoms with E-state index in [1.165, 1.54) is 18.2 Å². The Labute approximate surface area is 76.1 Å². The second kappa shape index (κ2) is 3.85. The smallest absolute Gasteiger partial charge is 0.332 e. The van der Waals surface area contributed by atoms with Crippen molar-refractivity contribution in [1.82, 2.24) is 0 Å². The molecule has 68 valence electrons. The third-order valence-corrected chi connectivity index (χ3v) is 1.81. The van der Waals surface area contributed by atoms with Crippen molar-refractivity contribution in [2.24, 2.45) is 5.92 Å². The third-order valence-electron chi connectivity index (χ3n) is 1.81. The van der Waals surface area contributed by atoms with E-state index in [0.29, 0.717) is 0 Å². The van der Waals surface area contributed by atoms with Gasteiger partial charge in [0.05, 0.1) is 11.5 Å². The molecular formula is C10H10O3. The molecule has 0 radical (unpaired) electrons. The van der Waals surface area contributed by atoms with E-state index < -0.39 is 11.9 Å². The van der Waals surface area contributed by atoms with Gasteiger partial charge >= 0.3 is 5.97 Å². The molecule has 1 unspecified atom stereocenters. The first-order valence-electron chi connectivity index (χ1n) is 3.95. The predicted octanol–water partition coefficient (Wildman–Crippen LogP) is 1.33. The van der Waals surface area contributed by atoms with Gasteiger partial charge in [-0.3, -0.25) is 4.79 Å². The summed E-state index contributed by atoms with van der Waals surface area (Å²) in [7, 11) is 0. The summed E-state index contributed by atoms with van der Waals surface area (Å²) in [6.07, 6.45) is 7.57. The van der Waals surface area contributed by atoms with Gasteiger partial charge in [-0.2, -0.15) is 0 Å². The monoisotopic (exact) mass is 178 g/mol. The Morgan fingerprint density at radius 3 is 2.85 bits per heavy atom. The van der Waals surface area contributed by atoms with E-state index in [2.05, 4.69) is 0 Å². The predicted molar refractivity (Wildman–Crippen MR) is 48.2 cm³/mol. The fourth-order valence-corrected chi connectivity index (χ4v) is 1.20. The van der Waals surface area contributed by atoms with Crippen molar-refractivity contribution in [2.75, 3.05) is 0 Å². The summed E-state index contributed by atoms with van der Waals surface area (Å²) in [6, 6.07) is 0. The highest BCUT2D eigenvalue weighted by molar-refractivity contribution is 6.04. The molecule has 0 saturated carbocycles. The number of ketones is 1. The van der Waals surface area contributed by atoms with Gasteiger partial charge in [-0.1, -0.05) is 24.3 Å². The van der Waals surface area contributed by atoms with Crippen LogP contribution in [0.25, 0.3) is 0 Å². The number of carboxylic acid groups (broad SMARTS) is 1. The lowest BCUT2D eigenvalue weighted by molar-refractivity contribution is -0.134. The summed E-state index contributed by atoms with van der Waals surface area (Å²) in [5.41, 5.74) is 0.130. The molecule has 1 rings (SSSR count). The summed E-state index contributed by atoms with van der Waals surface area (Å²) in [4.78, 5) is 22.0. The first kappa shape index (κ1) is 9.45. The van der Waals surface area contributed by atoms with Gasteiger partial charge in [0.25, 0.3) is 0 Å². The van der Waals surface area contributed by atoms with Gasteiger partial charge in [0.2, 0.25) is 0 Å². The van der Waals surface area contributed by atoms with E-state index in [0.717, 1.165) is 0 Å². The fourth-order valence-electron chi connectivity index (χ4n) is 1.20. The number of hydrogen-bond donors (Lipinski definition) is 1. The maximum absolute atomic E-state index is 11.3. The Morgan fingerprint density at radius 1 is 1.62 bits per heavy atom. The lowest BCUT2D eigenvalue weighted by atomic mass is 9.90. The van der Waals surface area contributed by atoms with Gasteiger partial charge in [0.15, 0.2) is 5.78 Å². The molecule has 0 amide bonds. The first-order valence-corrected chi connectivity index (χ1v) is 3.95. The molecule has 1 aliphatic rings. The number of aliphatic carboxylic acids is 1. The Hall–Kier alpha value is -1.64. The third kappa shape index (κ3) is 1.93. The van der Waals surface area contributed by atoms with Crippen molar-refractivity contribution in [3.05, 3.63) is 36.0 Å². The van der Waals surface area contributed by atoms with Gasteiger partial charge < -0.3 is 5.11 Å². The number of hydrogen-bond acceptors (Lipinski definition) is 2. The van der Waals surface area contributed by atoms with E-state index in [4.69, 9.17) is 5.11 Å². The van der Waals surface area contributed by atoms with Crippen LogP contribution in [-0.2, 0) is 9.59 Å². The molecule has 0 aromatic heterocycles. The Bertz CT molecular complexity index is 321. The van der Waals surface area contributed by atoms with Gasteiger partial charge in [0.1, 0.15) is 0 Å². The van der Waals surface area contributed by atoms with E-state index in [1.807, 2.05) is 0 Å². The van der Waals surface area contributed by atoms with Crippen molar-refractivity contribution in [2.45, 2.75) is 6.92 Å². The van der Waals surface area contributed by atoms with Crippen LogP contribution in [0.4, 0.5) is 0 Å². The minimum atomic E-state index is -1.04. The molecule has 1 aliphatic carbocycles. The summed E-state index contributed by atoms with van der Waals surface area (Å²) >= 11 is 0. The summed E-state index contributed by atoms with van der Waals surface area (Å²) in [5.74, 6) is -1.84. The van der Waals surface area contributed by atoms with Crippen molar-refractivity contribution < 1.29 is 14.7 Å². The van der Waals surface area contributed by atoms with Crippen molar-refractivity contribution in [3.8, 4) is 0 Å². The zero-order valence-corrected chi connectivity index (χ0v) is 7.23. The lowest BCUT2D eigenvalue weighted by Gasteiger charge is -2.12. The van der Waals surface area contributed by atoms with Crippen LogP contribution in [0.2, 0.25) is 0 Å². The zero-order chi connectivity index (χ0) is 9.84. The number of carbonyl (C=O) groups is 2. The zero-order valence-electron chi connectivity index (χ0n) is 7.23. The molecule has 3 heteroatoms. The average Bonchev–Trinajstić information content (AvgIpc) is 2.08. The van der Waals surface area contributed by atoms with Crippen LogP contribution in [0.1, 0.15) is 6.92 Å². The normalized spacial score (nSPS) is 22.1. The number of allylic oxidation sites excluding steroid dienone is 5. The maximum atomic E-state index is 11.3. The number of carbonyl (C=O) groups excluding carboxylic acids is 1. The van der Waals surface area contributed by atoms with Crippen LogP contribution >= 0.6 is 0 Å². The molecule has 0 saturated heterocycles. The van der Waals surface area contributed by atoms with Crippen LogP contribution < -0.4 is 0 Å². The van der Waals surface area contributed by atoms with Gasteiger partial charge in [0, 0.05) is 0 Å². The Kier molecular flexibility index (Phi) is 2.80. The molecule has 0 spiro atoms. The average molecular weight is 178 g/mol. The molecule has 1 N–H and O–H groups in total. The Balaban J connectivity index is 3.02. The molecule has 0 heterocycles. The van der Waals surface area contributed by atoms with Crippen molar-refractivity contribution >= 4 is 11.8 Å². The van der Waals surface area contributed by atoms with Crippen LogP contribution in [0.3, 0.4) is 0 Å². The quantitative estimate of drug-likeness (QED) is 0.649. The van der Waals surface area contributed by atoms with Gasteiger partial charge in [-0.05, 0) is 13.0 Å². The van der Waals surface area contributed by atoms with E-state index >= 15 is 0 Å². The molecule has 13 heavy (non-hydrogen) atoms. The van der Waals surface area contributed by atoms with Crippen LogP contribution in [0.5, 0.6) is 0 Å². The molecule has 1 atom stereocenters. The molecule has 0 aliphatic heterocycles. The molecule has 3 nitrogen and oxygen atoms in total. The van der Waals surface area contributed by atoms with Crippen LogP contribution in [-0.4, -0.2) is 16.9 Å². The largest absolute Gasteiger partial charge is 0.478 e. The molecular weight excluding hydrogens is 168 g/mol. The lowest BCUT2D eigenvalue weighted by Crippen LogP contribution is -2.20. The molecule has 0 aromatic rings. The minimum Gasteiger partial charge on any atom is -0.478 e. The Morgan fingerprint density at radius 2 is 2.31 bits per heavy atom. The topological polar surface area (TPSA) is 54.4 Å². The molecule has 0 bridgehead atoms. The molecule has 0 fully saturated rings. The van der Waals surface area contributed by atoms with E-state index in [-0.39, 0.29) is 11.4 Å². The van der Waals surface area contributed by atoms with Crippen molar-refractivity contribution in [3.63, 3.8) is 0 Å². The molecule has 0 aromatic carbocycles. The summed E-state index contributed by atoms with van der Waals surface area (Å²) < 4.78 is 0. The maximum Gasteiger partial charge on any atom is 0.332 e. The van der Waals surface area contributed by atoms with Crippen molar-refractivity contribution in [1.29, 1.82) is 0 Å². The second-order valence-corrected chi connectivity index (χ2v) is 2.69. The highest BCUT2D eigenvalue weighted by Crippen LogP contribution is 2.19. The first-order chi connectivity index (χ1) is 6.16. The summed E-state index contributed by atoms with van der Waals surface area (Å²) in [6.45, 7) is 1.76. The van der Waals surface area contributed by atoms with E-state index in [9.17, 15) is 9.59 Å². The SMILES string of the molecule is CC=CC1C(=O)C=CC=C1C(=O)O. The number of rotatable bonds is 2. The summed E-state index contributed by atoms with van der Waals surface area (Å²) in [5, 5.41) is 8.76. The van der Waals surface area contributed by atoms with Crippen LogP contribution in [0, 0.1) is 5.92 Å². The standard InChI is InChI=1S/C10H10O3/c1-2-4-7-8(10(12)13)5-3-6-9(7)11/h2-7H,1H3,(H,12,13). The second-order valence-electron chi connectivity index (χ2n) is 2.69. The highest BCUT2D eigenvalue weighted by Gasteiger charge is 2.24. The van der Waals surface area contributed by atoms with E-state index in [1.54, 1.807) is 19.1 Å². The fraction of sp³-hybridized carbons (Fsp3) is 0.200. The highest BCUT2D eigenvalue weighted by atomic mass is 16.4. The minimum absolute atomic E-state index is 0.130. The number of carboxylic acids is 1. The van der Waals surface area contributed by atoms with Gasteiger partial charge in [-0.15, -0.1) is 0 Å². The van der Waals surface area contributed by atoms with Gasteiger partial charge in [-0.25, -0.2) is 4.79 Å². The van der Waals surface area contributed by atoms with Crippen LogP contribution in [0.15, 0.2) is 36.0 Å².